The quantitative estimate of drug-likeness (QED) is 0.0771. The maximum atomic E-state index is 13.7. The lowest BCUT2D eigenvalue weighted by Crippen LogP contribution is -2.57. The van der Waals surface area contributed by atoms with Crippen LogP contribution in [0.4, 0.5) is 0 Å². The Bertz CT molecular complexity index is 1120. The number of esters is 1. The van der Waals surface area contributed by atoms with Gasteiger partial charge in [-0.05, 0) is 66.7 Å². The lowest BCUT2D eigenvalue weighted by Gasteiger charge is -2.44. The third kappa shape index (κ3) is 10.5. The number of hydrogen-bond donors (Lipinski definition) is 5. The molecule has 5 N–H and O–H groups in total. The van der Waals surface area contributed by atoms with Gasteiger partial charge in [-0.3, -0.25) is 14.4 Å². The minimum Gasteiger partial charge on any atom is -0.459 e. The zero-order valence-electron chi connectivity index (χ0n) is 29.4. The Morgan fingerprint density at radius 2 is 1.74 bits per heavy atom. The highest BCUT2D eigenvalue weighted by atomic mass is 16.6. The minimum atomic E-state index is -1.96. The number of ether oxygens (including phenoxy) is 3. The van der Waals surface area contributed by atoms with Crippen LogP contribution in [0.3, 0.4) is 0 Å². The number of aliphatic hydroxyl groups is 4. The molecule has 1 fully saturated rings. The molecule has 12 nitrogen and oxygen atoms in total. The number of allylic oxidation sites excluding steroid dienone is 4. The maximum absolute atomic E-state index is 13.7. The third-order valence-electron chi connectivity index (χ3n) is 9.19. The molecule has 1 heterocycles. The Balaban J connectivity index is 3.79. The predicted octanol–water partition coefficient (Wildman–Crippen LogP) is 3.20. The van der Waals surface area contributed by atoms with E-state index in [0.29, 0.717) is 12.1 Å². The number of amides is 1. The average molecular weight is 655 g/mol. The van der Waals surface area contributed by atoms with Gasteiger partial charge in [0.25, 0.3) is 0 Å². The van der Waals surface area contributed by atoms with E-state index in [1.165, 1.54) is 27.9 Å². The topological polar surface area (TPSA) is 184 Å². The van der Waals surface area contributed by atoms with Crippen LogP contribution < -0.4 is 5.43 Å². The molecule has 0 radical (unpaired) electrons. The zero-order valence-corrected chi connectivity index (χ0v) is 29.4. The van der Waals surface area contributed by atoms with Crippen LogP contribution in [0.15, 0.2) is 28.9 Å². The summed E-state index contributed by atoms with van der Waals surface area (Å²) in [5, 5.41) is 48.2. The van der Waals surface area contributed by atoms with Crippen molar-refractivity contribution in [1.82, 2.24) is 5.43 Å². The van der Waals surface area contributed by atoms with Crippen molar-refractivity contribution in [1.29, 1.82) is 0 Å². The number of carbonyl (C=O) groups excluding carboxylic acids is 3. The van der Waals surface area contributed by atoms with E-state index in [2.05, 4.69) is 10.5 Å². The van der Waals surface area contributed by atoms with Crippen LogP contribution in [-0.2, 0) is 28.6 Å². The second-order valence-corrected chi connectivity index (χ2v) is 13.0. The van der Waals surface area contributed by atoms with E-state index >= 15 is 0 Å². The number of hydrogen-bond acceptors (Lipinski definition) is 11. The van der Waals surface area contributed by atoms with Crippen molar-refractivity contribution >= 4 is 23.4 Å². The van der Waals surface area contributed by atoms with Gasteiger partial charge in [0, 0.05) is 31.1 Å². The van der Waals surface area contributed by atoms with Crippen molar-refractivity contribution in [3.05, 3.63) is 23.8 Å². The van der Waals surface area contributed by atoms with Gasteiger partial charge in [0.05, 0.1) is 17.8 Å². The molecule has 1 saturated heterocycles. The molecule has 0 spiro atoms. The highest BCUT2D eigenvalue weighted by molar-refractivity contribution is 6.00. The van der Waals surface area contributed by atoms with Crippen LogP contribution >= 0.6 is 0 Å². The van der Waals surface area contributed by atoms with E-state index < -0.39 is 77.3 Å². The Morgan fingerprint density at radius 3 is 2.24 bits per heavy atom. The first-order valence-electron chi connectivity index (χ1n) is 16.2. The molecule has 0 bridgehead atoms. The Labute approximate surface area is 274 Å². The monoisotopic (exact) mass is 654 g/mol. The first-order chi connectivity index (χ1) is 21.3. The Hall–Kier alpha value is -2.48. The maximum Gasteiger partial charge on any atom is 0.316 e. The molecular weight excluding hydrogens is 596 g/mol. The van der Waals surface area contributed by atoms with E-state index in [9.17, 15) is 34.8 Å². The summed E-state index contributed by atoms with van der Waals surface area (Å²) in [5.74, 6) is -5.56. The Kier molecular flexibility index (Phi) is 16.4. The predicted molar refractivity (Wildman–Crippen MR) is 174 cm³/mol. The van der Waals surface area contributed by atoms with Gasteiger partial charge in [0.15, 0.2) is 12.1 Å². The van der Waals surface area contributed by atoms with Gasteiger partial charge in [-0.15, -0.1) is 0 Å². The van der Waals surface area contributed by atoms with E-state index in [1.54, 1.807) is 34.6 Å². The van der Waals surface area contributed by atoms with Crippen LogP contribution in [0, 0.1) is 23.7 Å². The fraction of sp³-hybridized carbons (Fsp3) is 0.765. The summed E-state index contributed by atoms with van der Waals surface area (Å²) in [7, 11) is 1.41. The summed E-state index contributed by atoms with van der Waals surface area (Å²) in [4.78, 5) is 39.8. The molecule has 0 aromatic carbocycles. The van der Waals surface area contributed by atoms with E-state index in [4.69, 9.17) is 14.2 Å². The number of aliphatic hydroxyl groups excluding tert-OH is 3. The summed E-state index contributed by atoms with van der Waals surface area (Å²) < 4.78 is 17.5. The number of methoxy groups -OCH3 is 1. The van der Waals surface area contributed by atoms with Crippen LogP contribution in [0.1, 0.15) is 94.9 Å². The van der Waals surface area contributed by atoms with Crippen LogP contribution in [0.5, 0.6) is 0 Å². The van der Waals surface area contributed by atoms with Gasteiger partial charge in [-0.1, -0.05) is 51.5 Å². The number of rotatable bonds is 10. The molecule has 1 aliphatic rings. The zero-order chi connectivity index (χ0) is 35.6. The molecule has 0 aromatic heterocycles. The highest BCUT2D eigenvalue weighted by Gasteiger charge is 2.50. The first-order valence-corrected chi connectivity index (χ1v) is 16.2. The smallest absolute Gasteiger partial charge is 0.316 e. The van der Waals surface area contributed by atoms with Gasteiger partial charge in [-0.25, -0.2) is 5.43 Å². The molecular formula is C34H58N2O10. The number of cyclic esters (lactones) is 1. The molecule has 12 heteroatoms. The minimum absolute atomic E-state index is 0.103. The van der Waals surface area contributed by atoms with Crippen molar-refractivity contribution in [2.45, 2.75) is 137 Å². The molecule has 0 aromatic rings. The standard InChI is InChI=1S/C34H58N2O10/c1-12-15-24(13-2)16-17-26(38)35-36-27-19(4)18-33(9,44-11)30(46-32(42)23(8)37)21(6)28(39)22(7)31(41)45-25(14-3)34(10,43)29(40)20(27)5/h12-13,15,19-23,25,29-30,32,37,40,42-43H,14,16-18H2,1-11H3,(H,35,38)/b15-12-,24-13+,36-27+/t19-,20+,21+,22-,23?,25-,29-,30-,32?,33-,34-/m1/s1. The molecule has 1 rings (SSSR count). The number of hydrazone groups is 1. The molecule has 0 aliphatic carbocycles. The largest absolute Gasteiger partial charge is 0.459 e. The van der Waals surface area contributed by atoms with Crippen molar-refractivity contribution in [3.8, 4) is 0 Å². The number of Topliss-reactive ketones (excluding diaryl/α,β-unsaturated/α-hetero) is 1. The van der Waals surface area contributed by atoms with E-state index in [0.717, 1.165) is 5.57 Å². The highest BCUT2D eigenvalue weighted by Crippen LogP contribution is 2.37. The van der Waals surface area contributed by atoms with Crippen LogP contribution in [0.25, 0.3) is 0 Å². The first kappa shape index (κ1) is 41.5. The number of nitrogens with zero attached hydrogens (tertiary/aromatic N) is 1. The van der Waals surface area contributed by atoms with Gasteiger partial charge < -0.3 is 34.6 Å². The molecule has 264 valence electrons. The summed E-state index contributed by atoms with van der Waals surface area (Å²) in [6.07, 6.45) is -0.249. The van der Waals surface area contributed by atoms with Gasteiger partial charge >= 0.3 is 5.97 Å². The van der Waals surface area contributed by atoms with Crippen molar-refractivity contribution in [3.63, 3.8) is 0 Å². The number of nitrogens with one attached hydrogen (secondary N) is 1. The second kappa shape index (κ2) is 18.2. The van der Waals surface area contributed by atoms with Gasteiger partial charge in [0.2, 0.25) is 5.91 Å². The van der Waals surface area contributed by atoms with Crippen molar-refractivity contribution < 1.29 is 49.0 Å². The second-order valence-electron chi connectivity index (χ2n) is 13.0. The van der Waals surface area contributed by atoms with Gasteiger partial charge in [-0.2, -0.15) is 5.10 Å². The molecule has 11 atom stereocenters. The van der Waals surface area contributed by atoms with Crippen LogP contribution in [-0.4, -0.2) is 92.8 Å². The third-order valence-corrected chi connectivity index (χ3v) is 9.19. The van der Waals surface area contributed by atoms with Crippen molar-refractivity contribution in [2.75, 3.05) is 7.11 Å². The van der Waals surface area contributed by atoms with E-state index in [1.807, 2.05) is 32.1 Å². The summed E-state index contributed by atoms with van der Waals surface area (Å²) in [6, 6.07) is 0. The SMILES string of the molecule is C/C=C\C(=C/C)CCC(=O)N/N=C1\[C@H](C)C[C@@](C)(OC)[C@H](OC(O)C(C)O)[C@@H](C)C(=O)[C@@H](C)C(=O)O[C@H](CC)[C@@](C)(O)[C@H](O)[C@H]1C. The molecule has 46 heavy (non-hydrogen) atoms. The van der Waals surface area contributed by atoms with Gasteiger partial charge in [0.1, 0.15) is 23.7 Å². The molecule has 1 aliphatic heterocycles. The average Bonchev–Trinajstić information content (AvgIpc) is 3.01. The fourth-order valence-electron chi connectivity index (χ4n) is 6.10. The molecule has 0 saturated carbocycles. The summed E-state index contributed by atoms with van der Waals surface area (Å²) in [5.41, 5.74) is 0.603. The molecule has 1 amide bonds. The van der Waals surface area contributed by atoms with Crippen LogP contribution in [0.2, 0.25) is 0 Å². The lowest BCUT2D eigenvalue weighted by molar-refractivity contribution is -0.240. The molecule has 2 unspecified atom stereocenters. The summed E-state index contributed by atoms with van der Waals surface area (Å²) in [6.45, 7) is 16.2. The van der Waals surface area contributed by atoms with Crippen molar-refractivity contribution in [2.24, 2.45) is 28.8 Å². The lowest BCUT2D eigenvalue weighted by atomic mass is 9.74. The van der Waals surface area contributed by atoms with E-state index in [-0.39, 0.29) is 25.2 Å². The summed E-state index contributed by atoms with van der Waals surface area (Å²) >= 11 is 0. The normalized spacial score (nSPS) is 36.3. The fourth-order valence-corrected chi connectivity index (χ4v) is 6.10. The Morgan fingerprint density at radius 1 is 1.13 bits per heavy atom. The number of ketones is 1. The number of carbonyl (C=O) groups is 3.